The number of rotatable bonds is 7. The second-order valence-corrected chi connectivity index (χ2v) is 5.87. The molecule has 1 heterocycles. The topological polar surface area (TPSA) is 60.5 Å². The lowest BCUT2D eigenvalue weighted by Gasteiger charge is -2.08. The maximum atomic E-state index is 12.2. The molecule has 26 heavy (non-hydrogen) atoms. The molecule has 134 valence electrons. The van der Waals surface area contributed by atoms with Gasteiger partial charge < -0.3 is 14.8 Å². The van der Waals surface area contributed by atoms with Crippen molar-refractivity contribution in [2.45, 2.75) is 13.2 Å². The minimum absolute atomic E-state index is 0.0274. The van der Waals surface area contributed by atoms with Gasteiger partial charge in [0.25, 0.3) is 5.91 Å². The molecule has 0 radical (unpaired) electrons. The van der Waals surface area contributed by atoms with Crippen LogP contribution >= 0.6 is 11.3 Å². The highest BCUT2D eigenvalue weighted by molar-refractivity contribution is 7.07. The molecule has 0 saturated heterocycles. The van der Waals surface area contributed by atoms with Crippen LogP contribution in [0.1, 0.15) is 16.1 Å². The maximum absolute atomic E-state index is 12.2. The second-order valence-electron chi connectivity index (χ2n) is 5.15. The summed E-state index contributed by atoms with van der Waals surface area (Å²) in [4.78, 5) is 16.3. The number of halogens is 2. The number of anilines is 1. The predicted molar refractivity (Wildman–Crippen MR) is 93.9 cm³/mol. The summed E-state index contributed by atoms with van der Waals surface area (Å²) in [6.45, 7) is -2.52. The van der Waals surface area contributed by atoms with Crippen molar-refractivity contribution in [3.63, 3.8) is 0 Å². The summed E-state index contributed by atoms with van der Waals surface area (Å²) in [6, 6.07) is 12.4. The number of carbonyl (C=O) groups excluding carboxylic acids is 1. The van der Waals surface area contributed by atoms with E-state index in [-0.39, 0.29) is 11.7 Å². The number of aromatic nitrogens is 1. The summed E-state index contributed by atoms with van der Waals surface area (Å²) in [5.74, 6) is 0.334. The van der Waals surface area contributed by atoms with E-state index in [1.165, 1.54) is 35.6 Å². The van der Waals surface area contributed by atoms with Gasteiger partial charge in [-0.3, -0.25) is 4.79 Å². The Morgan fingerprint density at radius 1 is 1.08 bits per heavy atom. The summed E-state index contributed by atoms with van der Waals surface area (Å²) in [7, 11) is 0. The number of hydrogen-bond donors (Lipinski definition) is 1. The van der Waals surface area contributed by atoms with E-state index in [9.17, 15) is 13.6 Å². The fourth-order valence-corrected chi connectivity index (χ4v) is 2.63. The average molecular weight is 376 g/mol. The molecule has 2 aromatic carbocycles. The molecule has 0 bridgehead atoms. The van der Waals surface area contributed by atoms with Crippen molar-refractivity contribution in [2.24, 2.45) is 0 Å². The van der Waals surface area contributed by atoms with E-state index in [2.05, 4.69) is 15.0 Å². The third-order valence-corrected chi connectivity index (χ3v) is 3.96. The molecule has 0 aliphatic carbocycles. The smallest absolute Gasteiger partial charge is 0.387 e. The van der Waals surface area contributed by atoms with Gasteiger partial charge in [0.05, 0.1) is 11.2 Å². The van der Waals surface area contributed by atoms with Crippen molar-refractivity contribution in [2.75, 3.05) is 5.32 Å². The van der Waals surface area contributed by atoms with Gasteiger partial charge in [0.15, 0.2) is 0 Å². The van der Waals surface area contributed by atoms with E-state index < -0.39 is 6.61 Å². The van der Waals surface area contributed by atoms with Crippen molar-refractivity contribution in [1.82, 2.24) is 4.98 Å². The van der Waals surface area contributed by atoms with Gasteiger partial charge in [-0.1, -0.05) is 0 Å². The third kappa shape index (κ3) is 5.00. The lowest BCUT2D eigenvalue weighted by atomic mass is 10.2. The standard InChI is InChI=1S/C18H14F2N2O3S/c19-18(20)25-16-7-3-13(4-8-16)22-17(23)12-1-5-15(6-2-12)24-9-14-10-26-11-21-14/h1-8,10-11,18H,9H2,(H,22,23). The van der Waals surface area contributed by atoms with E-state index >= 15 is 0 Å². The van der Waals surface area contributed by atoms with Gasteiger partial charge in [-0.05, 0) is 48.5 Å². The van der Waals surface area contributed by atoms with Crippen LogP contribution in [0.15, 0.2) is 59.4 Å². The van der Waals surface area contributed by atoms with Gasteiger partial charge in [-0.15, -0.1) is 11.3 Å². The fourth-order valence-electron chi connectivity index (χ4n) is 2.09. The van der Waals surface area contributed by atoms with Gasteiger partial charge in [-0.25, -0.2) is 4.98 Å². The van der Waals surface area contributed by atoms with Crippen LogP contribution in [0.25, 0.3) is 0 Å². The number of thiazole rings is 1. The van der Waals surface area contributed by atoms with Gasteiger partial charge in [-0.2, -0.15) is 8.78 Å². The normalized spacial score (nSPS) is 10.6. The first-order valence-electron chi connectivity index (χ1n) is 7.56. The number of ether oxygens (including phenoxy) is 2. The molecular weight excluding hydrogens is 362 g/mol. The van der Waals surface area contributed by atoms with Gasteiger partial charge in [0, 0.05) is 16.6 Å². The number of benzene rings is 2. The van der Waals surface area contributed by atoms with Crippen LogP contribution in [0, 0.1) is 0 Å². The van der Waals surface area contributed by atoms with Crippen LogP contribution in [0.4, 0.5) is 14.5 Å². The zero-order valence-electron chi connectivity index (χ0n) is 13.4. The highest BCUT2D eigenvalue weighted by Gasteiger charge is 2.08. The summed E-state index contributed by atoms with van der Waals surface area (Å²) < 4.78 is 34.1. The first-order chi connectivity index (χ1) is 12.6. The molecule has 0 aliphatic rings. The van der Waals surface area contributed by atoms with Crippen molar-refractivity contribution in [3.8, 4) is 11.5 Å². The molecule has 3 rings (SSSR count). The Morgan fingerprint density at radius 2 is 1.77 bits per heavy atom. The van der Waals surface area contributed by atoms with Gasteiger partial charge >= 0.3 is 6.61 Å². The fraction of sp³-hybridized carbons (Fsp3) is 0.111. The molecule has 0 aliphatic heterocycles. The minimum atomic E-state index is -2.88. The van der Waals surface area contributed by atoms with Crippen LogP contribution in [0.5, 0.6) is 11.5 Å². The molecule has 1 aromatic heterocycles. The first kappa shape index (κ1) is 17.8. The molecular formula is C18H14F2N2O3S. The second kappa shape index (κ2) is 8.39. The Kier molecular flexibility index (Phi) is 5.75. The van der Waals surface area contributed by atoms with Gasteiger partial charge in [0.2, 0.25) is 0 Å². The van der Waals surface area contributed by atoms with E-state index in [0.717, 1.165) is 5.69 Å². The van der Waals surface area contributed by atoms with Crippen LogP contribution < -0.4 is 14.8 Å². The van der Waals surface area contributed by atoms with E-state index in [1.807, 2.05) is 5.38 Å². The number of carbonyl (C=O) groups is 1. The molecule has 0 atom stereocenters. The van der Waals surface area contributed by atoms with Crippen molar-refractivity contribution in [3.05, 3.63) is 70.7 Å². The lowest BCUT2D eigenvalue weighted by molar-refractivity contribution is -0.0498. The van der Waals surface area contributed by atoms with Gasteiger partial charge in [0.1, 0.15) is 18.1 Å². The number of amides is 1. The van der Waals surface area contributed by atoms with Crippen molar-refractivity contribution >= 4 is 22.9 Å². The summed E-state index contributed by atoms with van der Waals surface area (Å²) >= 11 is 1.50. The van der Waals surface area contributed by atoms with Crippen molar-refractivity contribution in [1.29, 1.82) is 0 Å². The molecule has 5 nitrogen and oxygen atoms in total. The van der Waals surface area contributed by atoms with Crippen LogP contribution in [-0.4, -0.2) is 17.5 Å². The summed E-state index contributed by atoms with van der Waals surface area (Å²) in [5, 5.41) is 4.58. The molecule has 3 aromatic rings. The van der Waals surface area contributed by atoms with E-state index in [4.69, 9.17) is 4.74 Å². The van der Waals surface area contributed by atoms with Crippen LogP contribution in [0.2, 0.25) is 0 Å². The number of nitrogens with one attached hydrogen (secondary N) is 1. The SMILES string of the molecule is O=C(Nc1ccc(OC(F)F)cc1)c1ccc(OCc2cscn2)cc1. The Morgan fingerprint density at radius 3 is 2.38 bits per heavy atom. The zero-order valence-corrected chi connectivity index (χ0v) is 14.2. The monoisotopic (exact) mass is 376 g/mol. The highest BCUT2D eigenvalue weighted by Crippen LogP contribution is 2.19. The molecule has 0 spiro atoms. The Labute approximate surface area is 152 Å². The zero-order chi connectivity index (χ0) is 18.4. The molecule has 0 saturated carbocycles. The largest absolute Gasteiger partial charge is 0.487 e. The average Bonchev–Trinajstić information content (AvgIpc) is 3.15. The molecule has 0 fully saturated rings. The number of alkyl halides is 2. The quantitative estimate of drug-likeness (QED) is 0.656. The van der Waals surface area contributed by atoms with E-state index in [1.54, 1.807) is 29.8 Å². The summed E-state index contributed by atoms with van der Waals surface area (Å²) in [6.07, 6.45) is 0. The molecule has 8 heteroatoms. The Balaban J connectivity index is 1.55. The first-order valence-corrected chi connectivity index (χ1v) is 8.50. The molecule has 0 unspecified atom stereocenters. The van der Waals surface area contributed by atoms with Crippen LogP contribution in [0.3, 0.4) is 0 Å². The molecule has 1 amide bonds. The Hall–Kier alpha value is -3.00. The third-order valence-electron chi connectivity index (χ3n) is 3.32. The minimum Gasteiger partial charge on any atom is -0.487 e. The van der Waals surface area contributed by atoms with Crippen molar-refractivity contribution < 1.29 is 23.0 Å². The van der Waals surface area contributed by atoms with E-state index in [0.29, 0.717) is 23.6 Å². The Bertz CT molecular complexity index is 838. The maximum Gasteiger partial charge on any atom is 0.387 e. The molecule has 1 N–H and O–H groups in total. The lowest BCUT2D eigenvalue weighted by Crippen LogP contribution is -2.11. The number of nitrogens with zero attached hydrogens (tertiary/aromatic N) is 1. The van der Waals surface area contributed by atoms with Crippen LogP contribution in [-0.2, 0) is 6.61 Å². The summed E-state index contributed by atoms with van der Waals surface area (Å²) in [5.41, 5.74) is 3.49. The predicted octanol–water partition coefficient (Wildman–Crippen LogP) is 4.58. The number of hydrogen-bond acceptors (Lipinski definition) is 5. The highest BCUT2D eigenvalue weighted by atomic mass is 32.1.